The third-order valence-electron chi connectivity index (χ3n) is 3.34. The van der Waals surface area contributed by atoms with Gasteiger partial charge < -0.3 is 8.83 Å². The van der Waals surface area contributed by atoms with Gasteiger partial charge in [-0.15, -0.1) is 0 Å². The van der Waals surface area contributed by atoms with Crippen LogP contribution < -0.4 is 10.5 Å². The fraction of sp³-hybridized carbons (Fsp3) is 0.231. The molecule has 0 saturated heterocycles. The summed E-state index contributed by atoms with van der Waals surface area (Å²) in [6.07, 6.45) is 1.25. The summed E-state index contributed by atoms with van der Waals surface area (Å²) in [6, 6.07) is 4.24. The van der Waals surface area contributed by atoms with Gasteiger partial charge in [0, 0.05) is 13.1 Å². The van der Waals surface area contributed by atoms with Crippen molar-refractivity contribution in [2.24, 2.45) is 7.05 Å². The van der Waals surface area contributed by atoms with E-state index in [1.54, 1.807) is 14.0 Å². The normalized spacial score (nSPS) is 12.1. The molecule has 0 amide bonds. The molecule has 8 nitrogen and oxygen atoms in total. The molecule has 0 atom stereocenters. The van der Waals surface area contributed by atoms with Crippen molar-refractivity contribution in [2.75, 3.05) is 0 Å². The Morgan fingerprint density at radius 3 is 2.82 bits per heavy atom. The van der Waals surface area contributed by atoms with E-state index in [0.717, 1.165) is 0 Å². The fourth-order valence-corrected chi connectivity index (χ4v) is 3.02. The average molecular weight is 323 g/mol. The first-order valence-electron chi connectivity index (χ1n) is 6.37. The van der Waals surface area contributed by atoms with Gasteiger partial charge in [-0.25, -0.2) is 22.9 Å². The number of aromatic nitrogens is 2. The Bertz CT molecular complexity index is 996. The number of fused-ring (bicyclic) bond motifs is 1. The molecule has 3 aromatic rings. The molecule has 0 aliphatic rings. The van der Waals surface area contributed by atoms with E-state index in [9.17, 15) is 13.2 Å². The van der Waals surface area contributed by atoms with E-state index in [1.165, 1.54) is 29.2 Å². The predicted octanol–water partition coefficient (Wildman–Crippen LogP) is 0.906. The lowest BCUT2D eigenvalue weighted by Gasteiger charge is -2.05. The van der Waals surface area contributed by atoms with Crippen LogP contribution in [-0.4, -0.2) is 18.0 Å². The first kappa shape index (κ1) is 14.5. The molecular formula is C13H13N3O5S. The molecule has 0 radical (unpaired) electrons. The van der Waals surface area contributed by atoms with Crippen LogP contribution in [0, 0.1) is 6.92 Å². The van der Waals surface area contributed by atoms with E-state index >= 15 is 0 Å². The monoisotopic (exact) mass is 323 g/mol. The van der Waals surface area contributed by atoms with Crippen molar-refractivity contribution in [1.82, 2.24) is 14.3 Å². The van der Waals surface area contributed by atoms with Crippen LogP contribution >= 0.6 is 0 Å². The molecule has 2 heterocycles. The Morgan fingerprint density at radius 1 is 1.36 bits per heavy atom. The summed E-state index contributed by atoms with van der Waals surface area (Å²) in [4.78, 5) is 15.3. The highest BCUT2D eigenvalue weighted by molar-refractivity contribution is 7.89. The zero-order valence-corrected chi connectivity index (χ0v) is 12.7. The second-order valence-electron chi connectivity index (χ2n) is 4.74. The molecule has 0 saturated carbocycles. The number of benzene rings is 1. The highest BCUT2D eigenvalue weighted by atomic mass is 32.2. The van der Waals surface area contributed by atoms with Crippen LogP contribution in [0.1, 0.15) is 11.5 Å². The molecular weight excluding hydrogens is 310 g/mol. The summed E-state index contributed by atoms with van der Waals surface area (Å²) in [7, 11) is -2.21. The molecule has 0 aliphatic heterocycles. The number of rotatable bonds is 4. The minimum absolute atomic E-state index is 0.00604. The van der Waals surface area contributed by atoms with Crippen LogP contribution in [0.3, 0.4) is 0 Å². The Hall–Kier alpha value is -2.39. The lowest BCUT2D eigenvalue weighted by atomic mass is 10.3. The van der Waals surface area contributed by atoms with Gasteiger partial charge in [0.15, 0.2) is 12.0 Å². The number of hydrogen-bond acceptors (Lipinski definition) is 6. The van der Waals surface area contributed by atoms with Crippen molar-refractivity contribution < 1.29 is 17.3 Å². The van der Waals surface area contributed by atoms with Crippen LogP contribution in [0.25, 0.3) is 11.1 Å². The highest BCUT2D eigenvalue weighted by Gasteiger charge is 2.18. The fourth-order valence-electron chi connectivity index (χ4n) is 2.02. The van der Waals surface area contributed by atoms with Crippen LogP contribution in [-0.2, 0) is 23.6 Å². The van der Waals surface area contributed by atoms with Crippen molar-refractivity contribution >= 4 is 21.1 Å². The summed E-state index contributed by atoms with van der Waals surface area (Å²) in [5.74, 6) is -0.106. The van der Waals surface area contributed by atoms with Crippen LogP contribution in [0.5, 0.6) is 0 Å². The third-order valence-corrected chi connectivity index (χ3v) is 4.74. The van der Waals surface area contributed by atoms with Gasteiger partial charge in [-0.05, 0) is 19.1 Å². The SMILES string of the molecule is Cc1ncoc1CNS(=O)(=O)c1ccc2c(c1)oc(=O)n2C. The smallest absolute Gasteiger partial charge is 0.419 e. The minimum atomic E-state index is -3.76. The van der Waals surface area contributed by atoms with E-state index in [2.05, 4.69) is 9.71 Å². The van der Waals surface area contributed by atoms with E-state index in [4.69, 9.17) is 8.83 Å². The summed E-state index contributed by atoms with van der Waals surface area (Å²) in [6.45, 7) is 1.71. The van der Waals surface area contributed by atoms with E-state index < -0.39 is 15.8 Å². The zero-order chi connectivity index (χ0) is 15.9. The summed E-state index contributed by atoms with van der Waals surface area (Å²) < 4.78 is 38.3. The Balaban J connectivity index is 1.91. The molecule has 3 rings (SSSR count). The second-order valence-corrected chi connectivity index (χ2v) is 6.51. The van der Waals surface area contributed by atoms with Gasteiger partial charge in [0.25, 0.3) is 0 Å². The number of oxazole rings is 2. The van der Waals surface area contributed by atoms with E-state index in [0.29, 0.717) is 17.0 Å². The summed E-state index contributed by atoms with van der Waals surface area (Å²) in [5.41, 5.74) is 1.36. The molecule has 2 aromatic heterocycles. The van der Waals surface area contributed by atoms with E-state index in [1.807, 2.05) is 0 Å². The maximum absolute atomic E-state index is 12.3. The second kappa shape index (κ2) is 5.11. The lowest BCUT2D eigenvalue weighted by molar-refractivity contribution is 0.492. The zero-order valence-electron chi connectivity index (χ0n) is 11.9. The Labute approximate surface area is 125 Å². The van der Waals surface area contributed by atoms with Crippen LogP contribution in [0.4, 0.5) is 0 Å². The van der Waals surface area contributed by atoms with Crippen LogP contribution in [0.15, 0.2) is 43.1 Å². The largest absolute Gasteiger partial charge is 0.447 e. The maximum Gasteiger partial charge on any atom is 0.419 e. The first-order valence-corrected chi connectivity index (χ1v) is 7.85. The molecule has 0 fully saturated rings. The summed E-state index contributed by atoms with van der Waals surface area (Å²) in [5, 5.41) is 0. The average Bonchev–Trinajstić information content (AvgIpc) is 3.01. The molecule has 1 N–H and O–H groups in total. The molecule has 116 valence electrons. The van der Waals surface area contributed by atoms with Crippen molar-refractivity contribution in [3.05, 3.63) is 46.6 Å². The maximum atomic E-state index is 12.3. The molecule has 1 aromatic carbocycles. The number of sulfonamides is 1. The third kappa shape index (κ3) is 2.44. The molecule has 22 heavy (non-hydrogen) atoms. The van der Waals surface area contributed by atoms with Gasteiger partial charge in [0.1, 0.15) is 5.76 Å². The van der Waals surface area contributed by atoms with Gasteiger partial charge in [0.05, 0.1) is 22.7 Å². The predicted molar refractivity (Wildman–Crippen MR) is 76.7 cm³/mol. The van der Waals surface area contributed by atoms with Crippen molar-refractivity contribution in [3.8, 4) is 0 Å². The Kier molecular flexibility index (Phi) is 3.38. The highest BCUT2D eigenvalue weighted by Crippen LogP contribution is 2.18. The van der Waals surface area contributed by atoms with Crippen molar-refractivity contribution in [1.29, 1.82) is 0 Å². The Morgan fingerprint density at radius 2 is 2.14 bits per heavy atom. The van der Waals surface area contributed by atoms with Gasteiger partial charge in [-0.3, -0.25) is 4.57 Å². The number of nitrogens with one attached hydrogen (secondary N) is 1. The number of nitrogens with zero attached hydrogens (tertiary/aromatic N) is 2. The van der Waals surface area contributed by atoms with Crippen molar-refractivity contribution in [2.45, 2.75) is 18.4 Å². The van der Waals surface area contributed by atoms with Crippen molar-refractivity contribution in [3.63, 3.8) is 0 Å². The van der Waals surface area contributed by atoms with Crippen LogP contribution in [0.2, 0.25) is 0 Å². The molecule has 0 spiro atoms. The lowest BCUT2D eigenvalue weighted by Crippen LogP contribution is -2.23. The molecule has 0 aliphatic carbocycles. The number of aryl methyl sites for hydroxylation is 2. The van der Waals surface area contributed by atoms with Gasteiger partial charge in [-0.2, -0.15) is 0 Å². The minimum Gasteiger partial charge on any atom is -0.447 e. The quantitative estimate of drug-likeness (QED) is 0.764. The van der Waals surface area contributed by atoms with E-state index in [-0.39, 0.29) is 17.0 Å². The number of hydrogen-bond donors (Lipinski definition) is 1. The summed E-state index contributed by atoms with van der Waals surface area (Å²) >= 11 is 0. The van der Waals surface area contributed by atoms with Gasteiger partial charge in [0.2, 0.25) is 10.0 Å². The van der Waals surface area contributed by atoms with Gasteiger partial charge in [-0.1, -0.05) is 0 Å². The van der Waals surface area contributed by atoms with Gasteiger partial charge >= 0.3 is 5.76 Å². The molecule has 0 bridgehead atoms. The first-order chi connectivity index (χ1) is 10.4. The topological polar surface area (TPSA) is 107 Å². The molecule has 9 heteroatoms. The standard InChI is InChI=1S/C13H13N3O5S/c1-8-12(20-7-14-8)6-15-22(18,19)9-3-4-10-11(5-9)21-13(17)16(10)2/h3-5,7,15H,6H2,1-2H3. The molecule has 0 unspecified atom stereocenters.